The van der Waals surface area contributed by atoms with Crippen molar-refractivity contribution in [1.82, 2.24) is 19.6 Å². The van der Waals surface area contributed by atoms with Crippen LogP contribution in [-0.4, -0.2) is 31.4 Å². The Morgan fingerprint density at radius 3 is 2.46 bits per heavy atom. The summed E-state index contributed by atoms with van der Waals surface area (Å²) in [6.45, 7) is 6.85. The topological polar surface area (TPSA) is 93.8 Å². The van der Waals surface area contributed by atoms with Crippen molar-refractivity contribution in [2.75, 3.05) is 10.6 Å². The zero-order valence-electron chi connectivity index (χ0n) is 16.3. The lowest BCUT2D eigenvalue weighted by molar-refractivity contribution is -0.116. The minimum Gasteiger partial charge on any atom is -0.323 e. The highest BCUT2D eigenvalue weighted by Crippen LogP contribution is 2.17. The summed E-state index contributed by atoms with van der Waals surface area (Å²) in [7, 11) is 0. The first-order valence-corrected chi connectivity index (χ1v) is 9.21. The van der Waals surface area contributed by atoms with Crippen LogP contribution in [0.4, 0.5) is 11.4 Å². The van der Waals surface area contributed by atoms with E-state index < -0.39 is 0 Å². The first-order valence-electron chi connectivity index (χ1n) is 9.21. The Morgan fingerprint density at radius 1 is 1.07 bits per heavy atom. The third-order valence-electron chi connectivity index (χ3n) is 4.26. The Morgan fingerprint density at radius 2 is 1.82 bits per heavy atom. The molecule has 0 radical (unpaired) electrons. The van der Waals surface area contributed by atoms with Crippen LogP contribution in [0.25, 0.3) is 0 Å². The molecule has 3 rings (SSSR count). The van der Waals surface area contributed by atoms with Crippen molar-refractivity contribution >= 4 is 23.2 Å². The number of aryl methyl sites for hydroxylation is 4. The van der Waals surface area contributed by atoms with Crippen LogP contribution >= 0.6 is 0 Å². The second-order valence-electron chi connectivity index (χ2n) is 6.52. The van der Waals surface area contributed by atoms with E-state index in [2.05, 4.69) is 20.8 Å². The summed E-state index contributed by atoms with van der Waals surface area (Å²) in [5.41, 5.74) is 3.17. The van der Waals surface area contributed by atoms with Crippen molar-refractivity contribution in [2.24, 2.45) is 0 Å². The molecule has 8 heteroatoms. The number of nitrogens with zero attached hydrogens (tertiary/aromatic N) is 4. The minimum atomic E-state index is -0.368. The average Bonchev–Trinajstić information content (AvgIpc) is 3.23. The molecule has 3 aromatic rings. The monoisotopic (exact) mass is 380 g/mol. The summed E-state index contributed by atoms with van der Waals surface area (Å²) in [6.07, 6.45) is 1.92. The molecule has 0 unspecified atom stereocenters. The van der Waals surface area contributed by atoms with Crippen LogP contribution in [0.1, 0.15) is 35.2 Å². The molecule has 0 saturated heterocycles. The molecule has 0 bridgehead atoms. The molecule has 8 nitrogen and oxygen atoms in total. The molecule has 0 aliphatic rings. The number of para-hydroxylation sites is 1. The summed E-state index contributed by atoms with van der Waals surface area (Å²) >= 11 is 0. The van der Waals surface area contributed by atoms with E-state index in [1.807, 2.05) is 45.0 Å². The van der Waals surface area contributed by atoms with Gasteiger partial charge in [0.15, 0.2) is 5.69 Å². The lowest BCUT2D eigenvalue weighted by Crippen LogP contribution is -2.19. The van der Waals surface area contributed by atoms with Gasteiger partial charge in [-0.3, -0.25) is 19.0 Å². The van der Waals surface area contributed by atoms with Gasteiger partial charge >= 0.3 is 0 Å². The molecule has 146 valence electrons. The Hall–Kier alpha value is -3.42. The number of amides is 2. The summed E-state index contributed by atoms with van der Waals surface area (Å²) < 4.78 is 3.42. The zero-order valence-corrected chi connectivity index (χ0v) is 16.3. The van der Waals surface area contributed by atoms with Crippen LogP contribution in [0, 0.1) is 13.8 Å². The van der Waals surface area contributed by atoms with Crippen LogP contribution in [0.15, 0.2) is 42.6 Å². The molecule has 0 fully saturated rings. The Bertz CT molecular complexity index is 974. The average molecular weight is 380 g/mol. The van der Waals surface area contributed by atoms with Crippen LogP contribution in [0.3, 0.4) is 0 Å². The summed E-state index contributed by atoms with van der Waals surface area (Å²) in [6, 6.07) is 11.1. The quantitative estimate of drug-likeness (QED) is 0.659. The zero-order chi connectivity index (χ0) is 20.1. The van der Waals surface area contributed by atoms with Gasteiger partial charge in [-0.25, -0.2) is 0 Å². The number of hydrogen-bond acceptors (Lipinski definition) is 4. The molecule has 0 spiro atoms. The smallest absolute Gasteiger partial charge is 0.278 e. The van der Waals surface area contributed by atoms with E-state index in [1.165, 1.54) is 0 Å². The summed E-state index contributed by atoms with van der Waals surface area (Å²) in [4.78, 5) is 25.0. The van der Waals surface area contributed by atoms with Gasteiger partial charge in [0.2, 0.25) is 5.91 Å². The van der Waals surface area contributed by atoms with Crippen molar-refractivity contribution in [3.05, 3.63) is 59.7 Å². The molecule has 0 saturated carbocycles. The van der Waals surface area contributed by atoms with Crippen LogP contribution < -0.4 is 10.6 Å². The van der Waals surface area contributed by atoms with Gasteiger partial charge < -0.3 is 10.6 Å². The number of rotatable bonds is 7. The van der Waals surface area contributed by atoms with Crippen molar-refractivity contribution in [3.63, 3.8) is 0 Å². The van der Waals surface area contributed by atoms with Crippen LogP contribution in [0.2, 0.25) is 0 Å². The van der Waals surface area contributed by atoms with Crippen molar-refractivity contribution < 1.29 is 9.59 Å². The molecular formula is C20H24N6O2. The van der Waals surface area contributed by atoms with E-state index in [9.17, 15) is 9.59 Å². The number of nitrogens with one attached hydrogen (secondary N) is 2. The molecular weight excluding hydrogens is 356 g/mol. The predicted molar refractivity (Wildman–Crippen MR) is 107 cm³/mol. The molecule has 28 heavy (non-hydrogen) atoms. The van der Waals surface area contributed by atoms with Crippen molar-refractivity contribution in [3.8, 4) is 0 Å². The fourth-order valence-electron chi connectivity index (χ4n) is 2.88. The number of carbonyl (C=O) groups excluding carboxylic acids is 2. The van der Waals surface area contributed by atoms with Gasteiger partial charge in [-0.05, 0) is 39.0 Å². The van der Waals surface area contributed by atoms with Gasteiger partial charge in [0, 0.05) is 37.1 Å². The maximum Gasteiger partial charge on any atom is 0.278 e. The molecule has 1 aromatic carbocycles. The van der Waals surface area contributed by atoms with E-state index >= 15 is 0 Å². The number of hydrogen-bond donors (Lipinski definition) is 2. The number of carbonyl (C=O) groups is 2. The Labute approximate surface area is 163 Å². The highest BCUT2D eigenvalue weighted by molar-refractivity contribution is 6.08. The van der Waals surface area contributed by atoms with E-state index in [0.717, 1.165) is 11.4 Å². The maximum atomic E-state index is 12.6. The fourth-order valence-corrected chi connectivity index (χ4v) is 2.88. The molecule has 2 aromatic heterocycles. The van der Waals surface area contributed by atoms with E-state index in [-0.39, 0.29) is 23.9 Å². The van der Waals surface area contributed by atoms with E-state index in [0.29, 0.717) is 24.5 Å². The van der Waals surface area contributed by atoms with E-state index in [4.69, 9.17) is 0 Å². The molecule has 2 N–H and O–H groups in total. The molecule has 0 aliphatic heterocycles. The summed E-state index contributed by atoms with van der Waals surface area (Å²) in [5.74, 6) is -0.566. The van der Waals surface area contributed by atoms with Gasteiger partial charge in [-0.2, -0.15) is 10.2 Å². The molecule has 0 aliphatic carbocycles. The largest absolute Gasteiger partial charge is 0.323 e. The predicted octanol–water partition coefficient (Wildman–Crippen LogP) is 3.00. The SMILES string of the molecule is CCn1cc(NC(=O)CCn2nc(C)cc2C)c(C(=O)Nc2ccccc2)n1. The highest BCUT2D eigenvalue weighted by Gasteiger charge is 2.19. The second kappa shape index (κ2) is 8.51. The molecule has 2 heterocycles. The first kappa shape index (κ1) is 19.3. The third-order valence-corrected chi connectivity index (χ3v) is 4.26. The lowest BCUT2D eigenvalue weighted by atomic mass is 10.3. The van der Waals surface area contributed by atoms with E-state index in [1.54, 1.807) is 27.7 Å². The molecule has 0 atom stereocenters. The Balaban J connectivity index is 1.68. The maximum absolute atomic E-state index is 12.6. The van der Waals surface area contributed by atoms with Gasteiger partial charge in [0.05, 0.1) is 11.4 Å². The third kappa shape index (κ3) is 4.64. The number of benzene rings is 1. The summed E-state index contributed by atoms with van der Waals surface area (Å²) in [5, 5.41) is 14.2. The Kier molecular flexibility index (Phi) is 5.88. The van der Waals surface area contributed by atoms with Gasteiger partial charge in [-0.1, -0.05) is 18.2 Å². The normalized spacial score (nSPS) is 10.7. The van der Waals surface area contributed by atoms with Gasteiger partial charge in [0.25, 0.3) is 5.91 Å². The standard InChI is InChI=1S/C20H24N6O2/c1-4-25-13-17(19(24-25)20(28)21-16-8-6-5-7-9-16)22-18(27)10-11-26-15(3)12-14(2)23-26/h5-9,12-13H,4,10-11H2,1-3H3,(H,21,28)(H,22,27). The fraction of sp³-hybridized carbons (Fsp3) is 0.300. The first-order chi connectivity index (χ1) is 13.5. The van der Waals surface area contributed by atoms with Crippen LogP contribution in [0.5, 0.6) is 0 Å². The highest BCUT2D eigenvalue weighted by atomic mass is 16.2. The van der Waals surface area contributed by atoms with Crippen molar-refractivity contribution in [1.29, 1.82) is 0 Å². The van der Waals surface area contributed by atoms with Gasteiger partial charge in [0.1, 0.15) is 0 Å². The lowest BCUT2D eigenvalue weighted by Gasteiger charge is -2.07. The van der Waals surface area contributed by atoms with Gasteiger partial charge in [-0.15, -0.1) is 0 Å². The second-order valence-corrected chi connectivity index (χ2v) is 6.52. The molecule has 2 amide bonds. The number of anilines is 2. The minimum absolute atomic E-state index is 0.185. The van der Waals surface area contributed by atoms with Crippen LogP contribution in [-0.2, 0) is 17.9 Å². The number of aromatic nitrogens is 4. The van der Waals surface area contributed by atoms with Crippen molar-refractivity contribution in [2.45, 2.75) is 40.3 Å².